The second-order valence-electron chi connectivity index (χ2n) is 5.59. The summed E-state index contributed by atoms with van der Waals surface area (Å²) in [5.41, 5.74) is 0.530. The molecule has 3 rings (SSSR count). The highest BCUT2D eigenvalue weighted by Gasteiger charge is 2.25. The average molecular weight is 305 g/mol. The number of fused-ring (bicyclic) bond motifs is 1. The first-order valence-electron chi connectivity index (χ1n) is 7.36. The summed E-state index contributed by atoms with van der Waals surface area (Å²) in [5.74, 6) is -0.830. The summed E-state index contributed by atoms with van der Waals surface area (Å²) in [5, 5.41) is 3.50. The Balaban J connectivity index is 1.98. The largest absolute Gasteiger partial charge is 0.487 e. The molecule has 1 aliphatic rings. The number of hydrogen-bond acceptors (Lipinski definition) is 2. The van der Waals surface area contributed by atoms with Gasteiger partial charge in [-0.2, -0.15) is 0 Å². The van der Waals surface area contributed by atoms with Gasteiger partial charge in [-0.05, 0) is 48.4 Å². The number of hydrogen-bond donors (Lipinski definition) is 1. The lowest BCUT2D eigenvalue weighted by Crippen LogP contribution is -2.22. The molecule has 22 heavy (non-hydrogen) atoms. The van der Waals surface area contributed by atoms with E-state index in [4.69, 9.17) is 4.74 Å². The number of halogens is 2. The normalized spacial score (nSPS) is 14.1. The Morgan fingerprint density at radius 3 is 2.77 bits per heavy atom. The van der Waals surface area contributed by atoms with E-state index in [0.717, 1.165) is 12.8 Å². The van der Waals surface area contributed by atoms with Gasteiger partial charge in [0.25, 0.3) is 0 Å². The molecule has 0 aliphatic heterocycles. The van der Waals surface area contributed by atoms with Crippen molar-refractivity contribution in [1.29, 1.82) is 0 Å². The molecule has 2 aromatic rings. The van der Waals surface area contributed by atoms with Gasteiger partial charge in [0.1, 0.15) is 5.82 Å². The molecule has 2 aromatic carbocycles. The molecule has 0 spiro atoms. The van der Waals surface area contributed by atoms with Crippen molar-refractivity contribution in [1.82, 2.24) is 5.32 Å². The molecule has 0 atom stereocenters. The molecule has 116 valence electrons. The molecule has 1 amide bonds. The van der Waals surface area contributed by atoms with Gasteiger partial charge >= 0.3 is 0 Å². The van der Waals surface area contributed by atoms with Crippen LogP contribution in [0.1, 0.15) is 25.3 Å². The molecule has 0 bridgehead atoms. The first-order valence-corrected chi connectivity index (χ1v) is 7.36. The van der Waals surface area contributed by atoms with Crippen LogP contribution in [0.25, 0.3) is 10.8 Å². The molecular weight excluding hydrogens is 288 g/mol. The lowest BCUT2D eigenvalue weighted by molar-refractivity contribution is -0.118. The van der Waals surface area contributed by atoms with Gasteiger partial charge in [0.15, 0.2) is 11.6 Å². The molecule has 1 aliphatic carbocycles. The predicted octanol–water partition coefficient (Wildman–Crippen LogP) is 3.34. The number of rotatable bonds is 5. The molecule has 0 radical (unpaired) electrons. The van der Waals surface area contributed by atoms with Crippen LogP contribution in [0, 0.1) is 11.6 Å². The first kappa shape index (κ1) is 14.8. The Bertz CT molecular complexity index is 726. The Morgan fingerprint density at radius 1 is 1.32 bits per heavy atom. The van der Waals surface area contributed by atoms with Crippen LogP contribution in [0.4, 0.5) is 8.78 Å². The van der Waals surface area contributed by atoms with Gasteiger partial charge in [0, 0.05) is 18.9 Å². The maximum Gasteiger partial charge on any atom is 0.216 e. The summed E-state index contributed by atoms with van der Waals surface area (Å²) in [6, 6.07) is 5.84. The van der Waals surface area contributed by atoms with Gasteiger partial charge in [-0.1, -0.05) is 6.07 Å². The van der Waals surface area contributed by atoms with E-state index >= 15 is 0 Å². The van der Waals surface area contributed by atoms with E-state index < -0.39 is 11.6 Å². The smallest absolute Gasteiger partial charge is 0.216 e. The monoisotopic (exact) mass is 305 g/mol. The van der Waals surface area contributed by atoms with Crippen molar-refractivity contribution in [2.45, 2.75) is 32.3 Å². The summed E-state index contributed by atoms with van der Waals surface area (Å²) in [6.07, 6.45) is 2.33. The minimum atomic E-state index is -0.456. The van der Waals surface area contributed by atoms with Crippen molar-refractivity contribution < 1.29 is 18.3 Å². The van der Waals surface area contributed by atoms with Gasteiger partial charge in [-0.3, -0.25) is 4.79 Å². The fourth-order valence-corrected chi connectivity index (χ4v) is 2.47. The molecule has 1 N–H and O–H groups in total. The molecule has 0 heterocycles. The van der Waals surface area contributed by atoms with Gasteiger partial charge < -0.3 is 10.1 Å². The molecule has 0 unspecified atom stereocenters. The van der Waals surface area contributed by atoms with Crippen molar-refractivity contribution in [2.24, 2.45) is 0 Å². The van der Waals surface area contributed by atoms with E-state index in [1.54, 1.807) is 12.1 Å². The molecule has 1 saturated carbocycles. The zero-order valence-electron chi connectivity index (χ0n) is 12.3. The summed E-state index contributed by atoms with van der Waals surface area (Å²) >= 11 is 0. The minimum Gasteiger partial charge on any atom is -0.487 e. The van der Waals surface area contributed by atoms with Crippen molar-refractivity contribution in [3.8, 4) is 5.75 Å². The number of ether oxygens (including phenoxy) is 1. The predicted molar refractivity (Wildman–Crippen MR) is 79.9 cm³/mol. The van der Waals surface area contributed by atoms with Crippen LogP contribution >= 0.6 is 0 Å². The Labute approximate surface area is 127 Å². The maximum atomic E-state index is 14.7. The third-order valence-electron chi connectivity index (χ3n) is 3.65. The second-order valence-corrected chi connectivity index (χ2v) is 5.59. The van der Waals surface area contributed by atoms with Crippen LogP contribution < -0.4 is 10.1 Å². The molecule has 1 fully saturated rings. The third kappa shape index (κ3) is 3.18. The zero-order chi connectivity index (χ0) is 15.7. The van der Waals surface area contributed by atoms with Crippen molar-refractivity contribution in [3.05, 3.63) is 41.5 Å². The topological polar surface area (TPSA) is 38.3 Å². The number of carbonyl (C=O) groups is 1. The van der Waals surface area contributed by atoms with Gasteiger partial charge in [0.2, 0.25) is 5.91 Å². The number of amides is 1. The van der Waals surface area contributed by atoms with Crippen LogP contribution in [0.5, 0.6) is 5.75 Å². The van der Waals surface area contributed by atoms with Crippen LogP contribution in [0.2, 0.25) is 0 Å². The second kappa shape index (κ2) is 5.91. The van der Waals surface area contributed by atoms with E-state index in [1.807, 2.05) is 0 Å². The van der Waals surface area contributed by atoms with E-state index in [1.165, 1.54) is 19.1 Å². The highest BCUT2D eigenvalue weighted by molar-refractivity contribution is 5.88. The van der Waals surface area contributed by atoms with E-state index in [2.05, 4.69) is 5.32 Å². The lowest BCUT2D eigenvalue weighted by atomic mass is 10.0. The van der Waals surface area contributed by atoms with Crippen LogP contribution in [0.15, 0.2) is 24.3 Å². The summed E-state index contributed by atoms with van der Waals surface area (Å²) in [6.45, 7) is 1.74. The summed E-state index contributed by atoms with van der Waals surface area (Å²) < 4.78 is 33.9. The summed E-state index contributed by atoms with van der Waals surface area (Å²) in [4.78, 5) is 10.9. The van der Waals surface area contributed by atoms with E-state index in [9.17, 15) is 13.6 Å². The maximum absolute atomic E-state index is 14.7. The fraction of sp³-hybridized carbons (Fsp3) is 0.353. The zero-order valence-corrected chi connectivity index (χ0v) is 12.3. The Hall–Kier alpha value is -2.17. The number of carbonyl (C=O) groups excluding carboxylic acids is 1. The highest BCUT2D eigenvalue weighted by atomic mass is 19.1. The lowest BCUT2D eigenvalue weighted by Gasteiger charge is -2.12. The van der Waals surface area contributed by atoms with Crippen LogP contribution in [-0.2, 0) is 11.2 Å². The molecule has 3 nitrogen and oxygen atoms in total. The number of nitrogens with one attached hydrogen (secondary N) is 1. The third-order valence-corrected chi connectivity index (χ3v) is 3.65. The van der Waals surface area contributed by atoms with Crippen LogP contribution in [-0.4, -0.2) is 18.6 Å². The van der Waals surface area contributed by atoms with Crippen molar-refractivity contribution >= 4 is 16.7 Å². The first-order chi connectivity index (χ1) is 10.5. The Morgan fingerprint density at radius 2 is 2.09 bits per heavy atom. The van der Waals surface area contributed by atoms with E-state index in [-0.39, 0.29) is 17.8 Å². The standard InChI is InChI=1S/C17H17F2NO2/c1-10(21)20-7-6-12-9-13(18)8-11-2-5-15(17(19)16(11)12)22-14-3-4-14/h2,5,8-9,14H,3-4,6-7H2,1H3,(H,20,21). The van der Waals surface area contributed by atoms with Crippen LogP contribution in [0.3, 0.4) is 0 Å². The Kier molecular flexibility index (Phi) is 3.96. The summed E-state index contributed by atoms with van der Waals surface area (Å²) in [7, 11) is 0. The molecule has 0 saturated heterocycles. The average Bonchev–Trinajstić information content (AvgIpc) is 3.25. The molecule has 5 heteroatoms. The van der Waals surface area contributed by atoms with Gasteiger partial charge in [0.05, 0.1) is 6.10 Å². The van der Waals surface area contributed by atoms with E-state index in [0.29, 0.717) is 29.3 Å². The minimum absolute atomic E-state index is 0.0928. The fourth-order valence-electron chi connectivity index (χ4n) is 2.47. The van der Waals surface area contributed by atoms with Crippen molar-refractivity contribution in [3.63, 3.8) is 0 Å². The highest BCUT2D eigenvalue weighted by Crippen LogP contribution is 2.34. The SMILES string of the molecule is CC(=O)NCCc1cc(F)cc2ccc(OC3CC3)c(F)c12. The molecular formula is C17H17F2NO2. The van der Waals surface area contributed by atoms with Gasteiger partial charge in [-0.15, -0.1) is 0 Å². The number of benzene rings is 2. The van der Waals surface area contributed by atoms with Gasteiger partial charge in [-0.25, -0.2) is 8.78 Å². The quantitative estimate of drug-likeness (QED) is 0.920. The molecule has 0 aromatic heterocycles. The van der Waals surface area contributed by atoms with Crippen molar-refractivity contribution in [2.75, 3.05) is 6.54 Å².